The number of alkyl halides is 3. The average molecular weight is 345 g/mol. The Hall–Kier alpha value is -2.36. The van der Waals surface area contributed by atoms with Crippen molar-refractivity contribution in [2.45, 2.75) is 39.3 Å². The van der Waals surface area contributed by atoms with Crippen LogP contribution in [0.5, 0.6) is 5.75 Å². The number of hydrogen-bond acceptors (Lipinski definition) is 6. The van der Waals surface area contributed by atoms with E-state index in [2.05, 4.69) is 15.1 Å². The Labute approximate surface area is 136 Å². The van der Waals surface area contributed by atoms with E-state index in [-0.39, 0.29) is 23.5 Å². The second-order valence-corrected chi connectivity index (χ2v) is 5.00. The number of anilines is 1. The number of nitrogen functional groups attached to an aromatic ring is 1. The minimum atomic E-state index is -4.53. The monoisotopic (exact) mass is 345 g/mol. The quantitative estimate of drug-likeness (QED) is 0.866. The maximum atomic E-state index is 12.8. The maximum Gasteiger partial charge on any atom is 0.425 e. The fraction of sp³-hybridized carbons (Fsp3) is 0.500. The predicted octanol–water partition coefficient (Wildman–Crippen LogP) is 2.81. The van der Waals surface area contributed by atoms with Crippen LogP contribution in [-0.2, 0) is 4.74 Å². The topological polar surface area (TPSA) is 88.1 Å². The molecule has 24 heavy (non-hydrogen) atoms. The number of hydrogen-bond donors (Lipinski definition) is 1. The SMILES string of the molecule is CCOC(C)n1cc(-c2ncnc(N)c2OC(C)C(F)(F)F)cn1. The smallest absolute Gasteiger partial charge is 0.425 e. The Morgan fingerprint density at radius 1 is 1.29 bits per heavy atom. The summed E-state index contributed by atoms with van der Waals surface area (Å²) in [6.45, 7) is 5.01. The van der Waals surface area contributed by atoms with Crippen molar-refractivity contribution in [1.82, 2.24) is 19.7 Å². The van der Waals surface area contributed by atoms with Gasteiger partial charge in [-0.1, -0.05) is 0 Å². The van der Waals surface area contributed by atoms with Gasteiger partial charge in [-0.25, -0.2) is 14.6 Å². The van der Waals surface area contributed by atoms with E-state index in [9.17, 15) is 13.2 Å². The fourth-order valence-corrected chi connectivity index (χ4v) is 1.93. The molecule has 0 fully saturated rings. The van der Waals surface area contributed by atoms with Gasteiger partial charge in [-0.3, -0.25) is 0 Å². The van der Waals surface area contributed by atoms with Gasteiger partial charge < -0.3 is 15.2 Å². The summed E-state index contributed by atoms with van der Waals surface area (Å²) in [7, 11) is 0. The first-order valence-electron chi connectivity index (χ1n) is 7.24. The molecule has 132 valence electrons. The van der Waals surface area contributed by atoms with Gasteiger partial charge in [0.15, 0.2) is 17.7 Å². The molecule has 2 rings (SSSR count). The zero-order valence-electron chi connectivity index (χ0n) is 13.4. The number of aromatic nitrogens is 4. The lowest BCUT2D eigenvalue weighted by atomic mass is 10.2. The first kappa shape index (κ1) is 18.0. The molecule has 2 aromatic heterocycles. The van der Waals surface area contributed by atoms with Gasteiger partial charge in [-0.2, -0.15) is 18.3 Å². The molecule has 0 saturated carbocycles. The largest absolute Gasteiger partial charge is 0.475 e. The molecule has 2 atom stereocenters. The van der Waals surface area contributed by atoms with Crippen LogP contribution >= 0.6 is 0 Å². The molecule has 2 N–H and O–H groups in total. The van der Waals surface area contributed by atoms with Gasteiger partial charge in [0.2, 0.25) is 0 Å². The molecule has 0 radical (unpaired) electrons. The van der Waals surface area contributed by atoms with Crippen LogP contribution in [0.2, 0.25) is 0 Å². The van der Waals surface area contributed by atoms with Crippen LogP contribution in [0.4, 0.5) is 19.0 Å². The van der Waals surface area contributed by atoms with Crippen molar-refractivity contribution >= 4 is 5.82 Å². The van der Waals surface area contributed by atoms with E-state index >= 15 is 0 Å². The molecule has 0 aromatic carbocycles. The van der Waals surface area contributed by atoms with Crippen molar-refractivity contribution in [3.8, 4) is 17.0 Å². The van der Waals surface area contributed by atoms with Gasteiger partial charge in [0, 0.05) is 18.4 Å². The summed E-state index contributed by atoms with van der Waals surface area (Å²) in [5.41, 5.74) is 6.25. The highest BCUT2D eigenvalue weighted by Crippen LogP contribution is 2.35. The highest BCUT2D eigenvalue weighted by atomic mass is 19.4. The number of rotatable bonds is 6. The summed E-state index contributed by atoms with van der Waals surface area (Å²) in [4.78, 5) is 7.68. The van der Waals surface area contributed by atoms with Gasteiger partial charge in [0.1, 0.15) is 18.2 Å². The Bertz CT molecular complexity index is 689. The van der Waals surface area contributed by atoms with E-state index in [1.54, 1.807) is 13.1 Å². The first-order valence-corrected chi connectivity index (χ1v) is 7.24. The van der Waals surface area contributed by atoms with E-state index in [1.807, 2.05) is 6.92 Å². The van der Waals surface area contributed by atoms with Crippen molar-refractivity contribution < 1.29 is 22.6 Å². The third-order valence-electron chi connectivity index (χ3n) is 3.24. The molecule has 0 amide bonds. The minimum Gasteiger partial charge on any atom is -0.475 e. The van der Waals surface area contributed by atoms with Crippen LogP contribution in [0.3, 0.4) is 0 Å². The fourth-order valence-electron chi connectivity index (χ4n) is 1.93. The summed E-state index contributed by atoms with van der Waals surface area (Å²) in [6.07, 6.45) is -2.73. The third kappa shape index (κ3) is 3.94. The van der Waals surface area contributed by atoms with Crippen molar-refractivity contribution in [3.63, 3.8) is 0 Å². The Morgan fingerprint density at radius 3 is 2.62 bits per heavy atom. The summed E-state index contributed by atoms with van der Waals surface area (Å²) >= 11 is 0. The summed E-state index contributed by atoms with van der Waals surface area (Å²) in [5.74, 6) is -0.410. The summed E-state index contributed by atoms with van der Waals surface area (Å²) < 4.78 is 50.2. The third-order valence-corrected chi connectivity index (χ3v) is 3.24. The molecular formula is C14H18F3N5O2. The molecule has 0 spiro atoms. The van der Waals surface area contributed by atoms with Crippen molar-refractivity contribution in [1.29, 1.82) is 0 Å². The zero-order valence-corrected chi connectivity index (χ0v) is 13.4. The minimum absolute atomic E-state index is 0.133. The molecule has 0 bridgehead atoms. The number of halogens is 3. The second-order valence-electron chi connectivity index (χ2n) is 5.00. The number of nitrogens with two attached hydrogens (primary N) is 1. The van der Waals surface area contributed by atoms with Gasteiger partial charge in [0.25, 0.3) is 0 Å². The van der Waals surface area contributed by atoms with Crippen molar-refractivity contribution in [2.24, 2.45) is 0 Å². The molecule has 0 aliphatic heterocycles. The van der Waals surface area contributed by atoms with Crippen LogP contribution in [0, 0.1) is 0 Å². The van der Waals surface area contributed by atoms with Crippen LogP contribution in [0.15, 0.2) is 18.7 Å². The number of nitrogens with zero attached hydrogens (tertiary/aromatic N) is 4. The van der Waals surface area contributed by atoms with Crippen molar-refractivity contribution in [2.75, 3.05) is 12.3 Å². The molecule has 10 heteroatoms. The molecule has 0 aliphatic rings. The van der Waals surface area contributed by atoms with E-state index in [4.69, 9.17) is 15.2 Å². The summed E-state index contributed by atoms with van der Waals surface area (Å²) in [5, 5.41) is 4.12. The van der Waals surface area contributed by atoms with E-state index < -0.39 is 12.3 Å². The average Bonchev–Trinajstić information content (AvgIpc) is 2.98. The van der Waals surface area contributed by atoms with Crippen LogP contribution in [-0.4, -0.2) is 38.6 Å². The second kappa shape index (κ2) is 7.04. The van der Waals surface area contributed by atoms with Crippen LogP contribution in [0.25, 0.3) is 11.3 Å². The van der Waals surface area contributed by atoms with E-state index in [1.165, 1.54) is 10.9 Å². The molecule has 7 nitrogen and oxygen atoms in total. The lowest BCUT2D eigenvalue weighted by molar-refractivity contribution is -0.189. The van der Waals surface area contributed by atoms with Gasteiger partial charge in [-0.05, 0) is 20.8 Å². The molecule has 0 saturated heterocycles. The number of ether oxygens (including phenoxy) is 2. The highest BCUT2D eigenvalue weighted by Gasteiger charge is 2.39. The van der Waals surface area contributed by atoms with E-state index in [0.717, 1.165) is 13.3 Å². The predicted molar refractivity (Wildman–Crippen MR) is 80.1 cm³/mol. The van der Waals surface area contributed by atoms with Crippen molar-refractivity contribution in [3.05, 3.63) is 18.7 Å². The van der Waals surface area contributed by atoms with Crippen LogP contribution < -0.4 is 10.5 Å². The lowest BCUT2D eigenvalue weighted by Crippen LogP contribution is -2.31. The first-order chi connectivity index (χ1) is 11.2. The normalized spacial score (nSPS) is 14.4. The highest BCUT2D eigenvalue weighted by molar-refractivity contribution is 5.70. The Balaban J connectivity index is 2.36. The van der Waals surface area contributed by atoms with E-state index in [0.29, 0.717) is 12.2 Å². The zero-order chi connectivity index (χ0) is 17.9. The molecule has 2 heterocycles. The molecule has 0 aliphatic carbocycles. The maximum absolute atomic E-state index is 12.8. The molecular weight excluding hydrogens is 327 g/mol. The van der Waals surface area contributed by atoms with Crippen LogP contribution in [0.1, 0.15) is 27.0 Å². The lowest BCUT2D eigenvalue weighted by Gasteiger charge is -2.19. The summed E-state index contributed by atoms with van der Waals surface area (Å²) in [6, 6.07) is 0. The Morgan fingerprint density at radius 2 is 2.00 bits per heavy atom. The Kier molecular flexibility index (Phi) is 5.27. The molecule has 2 unspecified atom stereocenters. The standard InChI is InChI=1S/C14H18F3N5O2/c1-4-23-9(3)22-6-10(5-21-22)11-12(13(18)20-7-19-11)24-8(2)14(15,16)17/h5-9H,4H2,1-3H3,(H2,18,19,20). The van der Waals surface area contributed by atoms with Gasteiger partial charge in [0.05, 0.1) is 6.20 Å². The van der Waals surface area contributed by atoms with Gasteiger partial charge >= 0.3 is 6.18 Å². The molecule has 2 aromatic rings. The van der Waals surface area contributed by atoms with Gasteiger partial charge in [-0.15, -0.1) is 0 Å².